The molecule has 0 aliphatic carbocycles. The Labute approximate surface area is 136 Å². The minimum atomic E-state index is -0.605. The summed E-state index contributed by atoms with van der Waals surface area (Å²) in [7, 11) is 1.35. The molecule has 0 bridgehead atoms. The quantitative estimate of drug-likeness (QED) is 0.760. The maximum Gasteiger partial charge on any atom is 0.308 e. The smallest absolute Gasteiger partial charge is 0.308 e. The number of hydrogen-bond donors (Lipinski definition) is 0. The highest BCUT2D eigenvalue weighted by Gasteiger charge is 2.28. The van der Waals surface area contributed by atoms with Gasteiger partial charge in [-0.25, -0.2) is 4.68 Å². The van der Waals surface area contributed by atoms with Crippen molar-refractivity contribution < 1.29 is 14.3 Å². The highest BCUT2D eigenvalue weighted by Crippen LogP contribution is 2.19. The predicted octanol–water partition coefficient (Wildman–Crippen LogP) is 0.962. The van der Waals surface area contributed by atoms with E-state index >= 15 is 0 Å². The number of piperidine rings is 1. The number of carbonyl (C=O) groups excluding carboxylic acids is 2. The minimum absolute atomic E-state index is 0.0502. The summed E-state index contributed by atoms with van der Waals surface area (Å²) < 4.78 is 5.67. The van der Waals surface area contributed by atoms with Gasteiger partial charge in [-0.15, -0.1) is 0 Å². The van der Waals surface area contributed by atoms with Crippen LogP contribution >= 0.6 is 23.2 Å². The molecule has 1 fully saturated rings. The molecular formula is C13H15Cl2N3O4. The zero-order chi connectivity index (χ0) is 16.3. The number of esters is 1. The fourth-order valence-corrected chi connectivity index (χ4v) is 2.59. The third-order valence-corrected chi connectivity index (χ3v) is 4.36. The second-order valence-corrected chi connectivity index (χ2v) is 5.73. The Kier molecular flexibility index (Phi) is 5.42. The Balaban J connectivity index is 1.98. The van der Waals surface area contributed by atoms with Crippen LogP contribution < -0.4 is 5.56 Å². The topological polar surface area (TPSA) is 81.5 Å². The first-order valence-electron chi connectivity index (χ1n) is 6.70. The Hall–Kier alpha value is -1.60. The molecule has 0 aromatic carbocycles. The summed E-state index contributed by atoms with van der Waals surface area (Å²) in [6, 6.07) is 0. The normalized spacial score (nSPS) is 15.7. The second-order valence-electron chi connectivity index (χ2n) is 4.95. The molecule has 7 nitrogen and oxygen atoms in total. The summed E-state index contributed by atoms with van der Waals surface area (Å²) in [5, 5.41) is 3.69. The van der Waals surface area contributed by atoms with E-state index in [2.05, 4.69) is 5.10 Å². The molecule has 1 amide bonds. The van der Waals surface area contributed by atoms with Crippen LogP contribution in [0.4, 0.5) is 0 Å². The minimum Gasteiger partial charge on any atom is -0.469 e. The maximum atomic E-state index is 12.2. The van der Waals surface area contributed by atoms with Crippen molar-refractivity contribution in [2.24, 2.45) is 5.92 Å². The zero-order valence-electron chi connectivity index (χ0n) is 11.9. The first-order chi connectivity index (χ1) is 10.4. The lowest BCUT2D eigenvalue weighted by Crippen LogP contribution is -2.43. The predicted molar refractivity (Wildman–Crippen MR) is 79.8 cm³/mol. The number of halogens is 2. The number of likely N-dealkylation sites (tertiary alicyclic amines) is 1. The molecule has 0 saturated carbocycles. The Morgan fingerprint density at radius 2 is 2.00 bits per heavy atom. The van der Waals surface area contributed by atoms with E-state index < -0.39 is 5.56 Å². The molecule has 1 saturated heterocycles. The fraction of sp³-hybridized carbons (Fsp3) is 0.538. The molecule has 2 heterocycles. The van der Waals surface area contributed by atoms with Gasteiger partial charge in [0.15, 0.2) is 0 Å². The zero-order valence-corrected chi connectivity index (χ0v) is 13.4. The molecule has 9 heteroatoms. The summed E-state index contributed by atoms with van der Waals surface area (Å²) in [6.45, 7) is 0.669. The third-order valence-electron chi connectivity index (χ3n) is 3.61. The van der Waals surface area contributed by atoms with Crippen molar-refractivity contribution in [3.05, 3.63) is 26.6 Å². The van der Waals surface area contributed by atoms with Crippen LogP contribution in [-0.4, -0.2) is 46.8 Å². The SMILES string of the molecule is COC(=O)C1CCN(C(=O)Cn2ncc(Cl)c(Cl)c2=O)CC1. The van der Waals surface area contributed by atoms with E-state index in [4.69, 9.17) is 27.9 Å². The molecule has 0 spiro atoms. The molecule has 2 rings (SSSR count). The highest BCUT2D eigenvalue weighted by atomic mass is 35.5. The van der Waals surface area contributed by atoms with E-state index in [0.29, 0.717) is 25.9 Å². The van der Waals surface area contributed by atoms with E-state index in [9.17, 15) is 14.4 Å². The van der Waals surface area contributed by atoms with Crippen molar-refractivity contribution in [1.29, 1.82) is 0 Å². The number of aromatic nitrogens is 2. The van der Waals surface area contributed by atoms with Gasteiger partial charge in [0.25, 0.3) is 5.56 Å². The lowest BCUT2D eigenvalue weighted by Gasteiger charge is -2.30. The van der Waals surface area contributed by atoms with Crippen LogP contribution in [0.2, 0.25) is 10.0 Å². The summed E-state index contributed by atoms with van der Waals surface area (Å²) in [5.41, 5.74) is -0.605. The van der Waals surface area contributed by atoms with Crippen LogP contribution in [0.25, 0.3) is 0 Å². The average Bonchev–Trinajstić information content (AvgIpc) is 2.54. The van der Waals surface area contributed by atoms with Crippen LogP contribution in [0.3, 0.4) is 0 Å². The summed E-state index contributed by atoms with van der Waals surface area (Å²) in [6.07, 6.45) is 2.31. The molecule has 0 radical (unpaired) electrons. The molecule has 0 N–H and O–H groups in total. The van der Waals surface area contributed by atoms with Crippen molar-refractivity contribution in [1.82, 2.24) is 14.7 Å². The van der Waals surface area contributed by atoms with Gasteiger partial charge in [-0.1, -0.05) is 23.2 Å². The maximum absolute atomic E-state index is 12.2. The van der Waals surface area contributed by atoms with E-state index in [1.807, 2.05) is 0 Å². The van der Waals surface area contributed by atoms with Crippen LogP contribution in [0.1, 0.15) is 12.8 Å². The second kappa shape index (κ2) is 7.11. The van der Waals surface area contributed by atoms with Crippen molar-refractivity contribution in [3.8, 4) is 0 Å². The van der Waals surface area contributed by atoms with Gasteiger partial charge in [0.2, 0.25) is 5.91 Å². The van der Waals surface area contributed by atoms with Crippen molar-refractivity contribution in [3.63, 3.8) is 0 Å². The van der Waals surface area contributed by atoms with E-state index in [1.54, 1.807) is 4.90 Å². The summed E-state index contributed by atoms with van der Waals surface area (Å²) in [4.78, 5) is 37.1. The van der Waals surface area contributed by atoms with Crippen LogP contribution in [0, 0.1) is 5.92 Å². The summed E-state index contributed by atoms with van der Waals surface area (Å²) >= 11 is 11.4. The van der Waals surface area contributed by atoms with E-state index in [-0.39, 0.29) is 34.4 Å². The van der Waals surface area contributed by atoms with Crippen LogP contribution in [0.5, 0.6) is 0 Å². The fourth-order valence-electron chi connectivity index (χ4n) is 2.32. The van der Waals surface area contributed by atoms with Crippen molar-refractivity contribution in [2.75, 3.05) is 20.2 Å². The van der Waals surface area contributed by atoms with Gasteiger partial charge in [0.1, 0.15) is 11.6 Å². The van der Waals surface area contributed by atoms with Gasteiger partial charge in [0.05, 0.1) is 24.2 Å². The molecule has 1 aliphatic heterocycles. The van der Waals surface area contributed by atoms with Gasteiger partial charge >= 0.3 is 5.97 Å². The molecule has 0 unspecified atom stereocenters. The Morgan fingerprint density at radius 1 is 1.36 bits per heavy atom. The number of hydrogen-bond acceptors (Lipinski definition) is 5. The number of amides is 1. The largest absolute Gasteiger partial charge is 0.469 e. The molecule has 120 valence electrons. The van der Waals surface area contributed by atoms with E-state index in [1.165, 1.54) is 13.3 Å². The molecule has 1 aliphatic rings. The van der Waals surface area contributed by atoms with Gasteiger partial charge in [-0.3, -0.25) is 14.4 Å². The van der Waals surface area contributed by atoms with Gasteiger partial charge in [0, 0.05) is 13.1 Å². The monoisotopic (exact) mass is 347 g/mol. The summed E-state index contributed by atoms with van der Waals surface area (Å²) in [5.74, 6) is -0.689. The van der Waals surface area contributed by atoms with Gasteiger partial charge < -0.3 is 9.64 Å². The highest BCUT2D eigenvalue weighted by molar-refractivity contribution is 6.41. The number of carbonyl (C=O) groups is 2. The standard InChI is InChI=1S/C13H15Cl2N3O4/c1-22-13(21)8-2-4-17(5-3-8)10(19)7-18-12(20)11(15)9(14)6-16-18/h6,8H,2-5,7H2,1H3. The number of ether oxygens (including phenoxy) is 1. The third kappa shape index (κ3) is 3.59. The average molecular weight is 348 g/mol. The van der Waals surface area contributed by atoms with E-state index in [0.717, 1.165) is 4.68 Å². The Bertz CT molecular complexity index is 639. The van der Waals surface area contributed by atoms with Gasteiger partial charge in [-0.05, 0) is 12.8 Å². The molecular weight excluding hydrogens is 333 g/mol. The molecule has 22 heavy (non-hydrogen) atoms. The first kappa shape index (κ1) is 16.8. The van der Waals surface area contributed by atoms with Crippen LogP contribution in [-0.2, 0) is 20.9 Å². The number of methoxy groups -OCH3 is 1. The van der Waals surface area contributed by atoms with Crippen molar-refractivity contribution in [2.45, 2.75) is 19.4 Å². The van der Waals surface area contributed by atoms with Crippen molar-refractivity contribution >= 4 is 35.1 Å². The van der Waals surface area contributed by atoms with Gasteiger partial charge in [-0.2, -0.15) is 5.10 Å². The number of rotatable bonds is 3. The lowest BCUT2D eigenvalue weighted by molar-refractivity contribution is -0.149. The lowest BCUT2D eigenvalue weighted by atomic mass is 9.97. The Morgan fingerprint density at radius 3 is 2.59 bits per heavy atom. The first-order valence-corrected chi connectivity index (χ1v) is 7.46. The molecule has 1 aromatic heterocycles. The van der Waals surface area contributed by atoms with Crippen LogP contribution in [0.15, 0.2) is 11.0 Å². The molecule has 0 atom stereocenters. The molecule has 1 aromatic rings. The number of nitrogens with zero attached hydrogens (tertiary/aromatic N) is 3.